The molecule has 0 radical (unpaired) electrons. The van der Waals surface area contributed by atoms with Gasteiger partial charge in [0.05, 0.1) is 5.56 Å². The Hall–Kier alpha value is -7.55. The van der Waals surface area contributed by atoms with Crippen LogP contribution in [0.2, 0.25) is 0 Å². The molecule has 0 aliphatic carbocycles. The molecule has 0 fully saturated rings. The van der Waals surface area contributed by atoms with Gasteiger partial charge in [0.2, 0.25) is 0 Å². The van der Waals surface area contributed by atoms with Crippen LogP contribution < -0.4 is 0 Å². The molecule has 0 amide bonds. The van der Waals surface area contributed by atoms with Crippen molar-refractivity contribution in [2.45, 2.75) is 0 Å². The predicted molar refractivity (Wildman–Crippen MR) is 230 cm³/mol. The van der Waals surface area contributed by atoms with Gasteiger partial charge in [0.15, 0.2) is 28.9 Å². The van der Waals surface area contributed by atoms with E-state index in [0.717, 1.165) is 60.8 Å². The van der Waals surface area contributed by atoms with E-state index in [4.69, 9.17) is 33.8 Å². The van der Waals surface area contributed by atoms with E-state index in [-0.39, 0.29) is 0 Å². The molecule has 7 aromatic carbocycles. The monoisotopic (exact) mass is 749 g/mol. The van der Waals surface area contributed by atoms with Gasteiger partial charge in [0.1, 0.15) is 28.0 Å². The van der Waals surface area contributed by atoms with Crippen molar-refractivity contribution in [3.8, 4) is 56.8 Å². The Labute approximate surface area is 328 Å². The molecule has 57 heavy (non-hydrogen) atoms. The summed E-state index contributed by atoms with van der Waals surface area (Å²) in [6, 6.07) is 55.4. The van der Waals surface area contributed by atoms with Crippen LogP contribution in [0.1, 0.15) is 0 Å². The van der Waals surface area contributed by atoms with Crippen molar-refractivity contribution in [2.75, 3.05) is 0 Å². The average Bonchev–Trinajstić information content (AvgIpc) is 3.97. The van der Waals surface area contributed by atoms with Crippen molar-refractivity contribution in [1.82, 2.24) is 24.9 Å². The highest BCUT2D eigenvalue weighted by Crippen LogP contribution is 2.41. The van der Waals surface area contributed by atoms with Gasteiger partial charge in [0.25, 0.3) is 0 Å². The Bertz CT molecular complexity index is 3540. The fourth-order valence-corrected chi connectivity index (χ4v) is 8.92. The Kier molecular flexibility index (Phi) is 6.96. The summed E-state index contributed by atoms with van der Waals surface area (Å²) >= 11 is 1.79. The molecule has 7 nitrogen and oxygen atoms in total. The Balaban J connectivity index is 1.02. The molecule has 266 valence electrons. The van der Waals surface area contributed by atoms with Crippen LogP contribution in [0.15, 0.2) is 173 Å². The summed E-state index contributed by atoms with van der Waals surface area (Å²) in [5, 5.41) is 5.29. The lowest BCUT2D eigenvalue weighted by Crippen LogP contribution is -2.00. The molecule has 0 saturated heterocycles. The average molecular weight is 750 g/mol. The number of fused-ring (bicyclic) bond motifs is 9. The van der Waals surface area contributed by atoms with Gasteiger partial charge in [-0.3, -0.25) is 0 Å². The predicted octanol–water partition coefficient (Wildman–Crippen LogP) is 13.2. The molecule has 5 heterocycles. The first-order chi connectivity index (χ1) is 28.2. The van der Waals surface area contributed by atoms with Gasteiger partial charge in [-0.2, -0.15) is 0 Å². The van der Waals surface area contributed by atoms with Crippen molar-refractivity contribution in [2.24, 2.45) is 0 Å². The third-order valence-electron chi connectivity index (χ3n) is 10.6. The van der Waals surface area contributed by atoms with E-state index in [2.05, 4.69) is 60.7 Å². The fourth-order valence-electron chi connectivity index (χ4n) is 7.83. The highest BCUT2D eigenvalue weighted by Gasteiger charge is 2.22. The number of hydrogen-bond acceptors (Lipinski definition) is 8. The first-order valence-electron chi connectivity index (χ1n) is 18.7. The van der Waals surface area contributed by atoms with Crippen LogP contribution in [0, 0.1) is 0 Å². The van der Waals surface area contributed by atoms with Gasteiger partial charge in [-0.25, -0.2) is 24.9 Å². The molecule has 12 rings (SSSR count). The van der Waals surface area contributed by atoms with E-state index < -0.39 is 0 Å². The first kappa shape index (κ1) is 31.8. The summed E-state index contributed by atoms with van der Waals surface area (Å²) < 4.78 is 15.6. The molecular weight excluding hydrogens is 723 g/mol. The number of aromatic nitrogens is 5. The SMILES string of the molecule is c1ccc(-c2nc(-c3ccc4c(c3)oc3c(-c5nc(-c6ccccc6)c6oc7ccccc7c6n5)cccc34)nc(-c3ccc4sc5ccccc5c4c3)n2)cc1. The zero-order valence-electron chi connectivity index (χ0n) is 30.0. The van der Waals surface area contributed by atoms with Gasteiger partial charge < -0.3 is 8.83 Å². The zero-order valence-corrected chi connectivity index (χ0v) is 30.9. The summed E-state index contributed by atoms with van der Waals surface area (Å²) in [5.74, 6) is 2.33. The normalized spacial score (nSPS) is 11.9. The second-order valence-electron chi connectivity index (χ2n) is 14.0. The highest BCUT2D eigenvalue weighted by molar-refractivity contribution is 7.25. The van der Waals surface area contributed by atoms with E-state index >= 15 is 0 Å². The third kappa shape index (κ3) is 5.15. The molecule has 8 heteroatoms. The van der Waals surface area contributed by atoms with Gasteiger partial charge >= 0.3 is 0 Å². The molecule has 0 aliphatic rings. The molecule has 5 aromatic heterocycles. The van der Waals surface area contributed by atoms with Crippen molar-refractivity contribution < 1.29 is 8.83 Å². The Morgan fingerprint density at radius 1 is 0.351 bits per heavy atom. The van der Waals surface area contributed by atoms with Crippen molar-refractivity contribution in [3.63, 3.8) is 0 Å². The minimum Gasteiger partial charge on any atom is -0.455 e. The van der Waals surface area contributed by atoms with Crippen LogP contribution in [0.25, 0.3) is 121 Å². The standard InChI is InChI=1S/C49H27N5O2S/c1-3-12-28(13-4-1)42-45-43(35-17-7-9-20-38(35)55-45)51-49(50-42)36-19-11-18-34-32-24-22-31(27-39(32)56-44(34)36)48-53-46(29-14-5-2-6-15-29)52-47(54-48)30-23-25-41-37(26-30)33-16-8-10-21-40(33)57-41/h1-27H. The quantitative estimate of drug-likeness (QED) is 0.173. The number of nitrogens with zero attached hydrogens (tertiary/aromatic N) is 5. The van der Waals surface area contributed by atoms with E-state index in [1.54, 1.807) is 11.3 Å². The number of benzene rings is 7. The topological polar surface area (TPSA) is 90.7 Å². The lowest BCUT2D eigenvalue weighted by atomic mass is 10.1. The maximum atomic E-state index is 6.76. The molecule has 0 saturated carbocycles. The van der Waals surface area contributed by atoms with Crippen LogP contribution in [0.5, 0.6) is 0 Å². The second kappa shape index (κ2) is 12.5. The molecular formula is C49H27N5O2S. The third-order valence-corrected chi connectivity index (χ3v) is 11.7. The van der Waals surface area contributed by atoms with E-state index in [1.165, 1.54) is 20.2 Å². The van der Waals surface area contributed by atoms with Crippen LogP contribution >= 0.6 is 11.3 Å². The maximum Gasteiger partial charge on any atom is 0.180 e. The van der Waals surface area contributed by atoms with Crippen molar-refractivity contribution in [1.29, 1.82) is 0 Å². The molecule has 0 N–H and O–H groups in total. The van der Waals surface area contributed by atoms with Crippen molar-refractivity contribution >= 4 is 75.5 Å². The van der Waals surface area contributed by atoms with Gasteiger partial charge in [-0.1, -0.05) is 109 Å². The van der Waals surface area contributed by atoms with Crippen LogP contribution in [0.4, 0.5) is 0 Å². The number of furan rings is 2. The molecule has 12 aromatic rings. The summed E-state index contributed by atoms with van der Waals surface area (Å²) in [4.78, 5) is 25.4. The molecule has 0 aliphatic heterocycles. The number of thiophene rings is 1. The van der Waals surface area contributed by atoms with E-state index in [9.17, 15) is 0 Å². The molecule has 0 spiro atoms. The second-order valence-corrected chi connectivity index (χ2v) is 15.1. The van der Waals surface area contributed by atoms with E-state index in [0.29, 0.717) is 40.0 Å². The Morgan fingerprint density at radius 3 is 1.81 bits per heavy atom. The van der Waals surface area contributed by atoms with Crippen LogP contribution in [-0.2, 0) is 0 Å². The van der Waals surface area contributed by atoms with Crippen LogP contribution in [0.3, 0.4) is 0 Å². The number of rotatable bonds is 5. The fraction of sp³-hybridized carbons (Fsp3) is 0. The molecule has 0 bridgehead atoms. The Morgan fingerprint density at radius 2 is 0.982 bits per heavy atom. The minimum absolute atomic E-state index is 0.558. The number of hydrogen-bond donors (Lipinski definition) is 0. The van der Waals surface area contributed by atoms with Crippen molar-refractivity contribution in [3.05, 3.63) is 164 Å². The zero-order chi connectivity index (χ0) is 37.5. The van der Waals surface area contributed by atoms with Gasteiger partial charge in [-0.15, -0.1) is 11.3 Å². The lowest BCUT2D eigenvalue weighted by molar-refractivity contribution is 0.666. The van der Waals surface area contributed by atoms with Gasteiger partial charge in [-0.05, 0) is 54.6 Å². The number of para-hydroxylation sites is 2. The molecule has 0 unspecified atom stereocenters. The maximum absolute atomic E-state index is 6.76. The van der Waals surface area contributed by atoms with Gasteiger partial charge in [0, 0.05) is 58.6 Å². The summed E-state index contributed by atoms with van der Waals surface area (Å²) in [5.41, 5.74) is 8.72. The largest absolute Gasteiger partial charge is 0.455 e. The van der Waals surface area contributed by atoms with Crippen LogP contribution in [-0.4, -0.2) is 24.9 Å². The summed E-state index contributed by atoms with van der Waals surface area (Å²) in [7, 11) is 0. The summed E-state index contributed by atoms with van der Waals surface area (Å²) in [6.07, 6.45) is 0. The van der Waals surface area contributed by atoms with E-state index in [1.807, 2.05) is 103 Å². The molecule has 0 atom stereocenters. The lowest BCUT2D eigenvalue weighted by Gasteiger charge is -2.08. The summed E-state index contributed by atoms with van der Waals surface area (Å²) in [6.45, 7) is 0. The highest BCUT2D eigenvalue weighted by atomic mass is 32.1. The minimum atomic E-state index is 0.558. The first-order valence-corrected chi connectivity index (χ1v) is 19.5. The smallest absolute Gasteiger partial charge is 0.180 e.